The smallest absolute Gasteiger partial charge is 0.258 e. The molecule has 0 aliphatic heterocycles. The van der Waals surface area contributed by atoms with Crippen molar-refractivity contribution in [2.24, 2.45) is 0 Å². The third-order valence-corrected chi connectivity index (χ3v) is 4.79. The van der Waals surface area contributed by atoms with Crippen molar-refractivity contribution in [1.82, 2.24) is 5.32 Å². The summed E-state index contributed by atoms with van der Waals surface area (Å²) in [7, 11) is 0. The van der Waals surface area contributed by atoms with Crippen LogP contribution >= 0.6 is 0 Å². The number of rotatable bonds is 4. The Morgan fingerprint density at radius 2 is 1.38 bits per heavy atom. The van der Waals surface area contributed by atoms with Crippen molar-refractivity contribution in [3.8, 4) is 0 Å². The van der Waals surface area contributed by atoms with E-state index in [0.29, 0.717) is 12.1 Å². The first kappa shape index (κ1) is 18.4. The first-order valence-electron chi connectivity index (χ1n) is 9.46. The molecule has 1 amide bonds. The number of fused-ring (bicyclic) bond motifs is 1. The molecule has 0 saturated carbocycles. The van der Waals surface area contributed by atoms with Gasteiger partial charge in [0.05, 0.1) is 6.54 Å². The van der Waals surface area contributed by atoms with Gasteiger partial charge in [-0.25, -0.2) is 0 Å². The van der Waals surface area contributed by atoms with Crippen molar-refractivity contribution in [3.63, 3.8) is 0 Å². The molecule has 0 spiro atoms. The summed E-state index contributed by atoms with van der Waals surface area (Å²) in [5, 5.41) is 13.3. The molecule has 2 N–H and O–H groups in total. The van der Waals surface area contributed by atoms with Gasteiger partial charge in [0, 0.05) is 11.3 Å². The number of hydrogen-bond acceptors (Lipinski definition) is 2. The standard InChI is InChI=1S/C25H21N3O/c26-25(27-24(29)23-17-9-13-20-12-7-8-16-22(20)23)28(21-14-5-2-6-15-21)18-19-10-3-1-4-11-19/h1-17H,18H2,(H2,26,27,29). The summed E-state index contributed by atoms with van der Waals surface area (Å²) in [5.74, 6) is -0.251. The second kappa shape index (κ2) is 8.40. The van der Waals surface area contributed by atoms with Gasteiger partial charge >= 0.3 is 0 Å². The van der Waals surface area contributed by atoms with Crippen LogP contribution in [0.15, 0.2) is 103 Å². The Hall–Kier alpha value is -3.92. The Balaban J connectivity index is 1.61. The predicted molar refractivity (Wildman–Crippen MR) is 118 cm³/mol. The van der Waals surface area contributed by atoms with Crippen LogP contribution in [-0.2, 0) is 6.54 Å². The van der Waals surface area contributed by atoms with Crippen LogP contribution in [-0.4, -0.2) is 11.9 Å². The van der Waals surface area contributed by atoms with Gasteiger partial charge in [-0.1, -0.05) is 84.9 Å². The van der Waals surface area contributed by atoms with Crippen LogP contribution in [0, 0.1) is 5.41 Å². The lowest BCUT2D eigenvalue weighted by molar-refractivity contribution is 0.0977. The average molecular weight is 379 g/mol. The number of benzene rings is 4. The predicted octanol–water partition coefficient (Wildman–Crippen LogP) is 5.21. The third-order valence-electron chi connectivity index (χ3n) is 4.79. The molecule has 142 valence electrons. The highest BCUT2D eigenvalue weighted by atomic mass is 16.1. The molecular weight excluding hydrogens is 358 g/mol. The fraction of sp³-hybridized carbons (Fsp3) is 0.0400. The number of anilines is 1. The van der Waals surface area contributed by atoms with Crippen LogP contribution in [0.1, 0.15) is 15.9 Å². The van der Waals surface area contributed by atoms with Gasteiger partial charge in [-0.2, -0.15) is 0 Å². The van der Waals surface area contributed by atoms with Gasteiger partial charge in [0.1, 0.15) is 0 Å². The van der Waals surface area contributed by atoms with Gasteiger partial charge in [-0.05, 0) is 34.5 Å². The van der Waals surface area contributed by atoms with Crippen molar-refractivity contribution in [2.75, 3.05) is 4.90 Å². The number of amides is 1. The van der Waals surface area contributed by atoms with Crippen molar-refractivity contribution >= 4 is 28.3 Å². The summed E-state index contributed by atoms with van der Waals surface area (Å²) in [6.07, 6.45) is 0. The molecular formula is C25H21N3O. The molecule has 4 heteroatoms. The number of nitrogens with one attached hydrogen (secondary N) is 2. The molecule has 0 unspecified atom stereocenters. The number of para-hydroxylation sites is 1. The SMILES string of the molecule is N=C(NC(=O)c1cccc2ccccc12)N(Cc1ccccc1)c1ccccc1. The summed E-state index contributed by atoms with van der Waals surface area (Å²) in [6, 6.07) is 32.9. The maximum Gasteiger partial charge on any atom is 0.258 e. The third kappa shape index (κ3) is 4.17. The summed E-state index contributed by atoms with van der Waals surface area (Å²) >= 11 is 0. The lowest BCUT2D eigenvalue weighted by Crippen LogP contribution is -2.43. The van der Waals surface area contributed by atoms with Gasteiger partial charge in [0.15, 0.2) is 0 Å². The van der Waals surface area contributed by atoms with E-state index in [1.165, 1.54) is 0 Å². The van der Waals surface area contributed by atoms with E-state index in [9.17, 15) is 4.79 Å². The lowest BCUT2D eigenvalue weighted by Gasteiger charge is -2.25. The number of carbonyl (C=O) groups excluding carboxylic acids is 1. The lowest BCUT2D eigenvalue weighted by atomic mass is 10.0. The van der Waals surface area contributed by atoms with E-state index in [2.05, 4.69) is 5.32 Å². The monoisotopic (exact) mass is 379 g/mol. The minimum absolute atomic E-state index is 0.0398. The number of hydrogen-bond donors (Lipinski definition) is 2. The average Bonchev–Trinajstić information content (AvgIpc) is 2.78. The van der Waals surface area contributed by atoms with Crippen molar-refractivity contribution in [2.45, 2.75) is 6.54 Å². The maximum absolute atomic E-state index is 13.0. The molecule has 0 bridgehead atoms. The maximum atomic E-state index is 13.0. The van der Waals surface area contributed by atoms with E-state index in [-0.39, 0.29) is 11.9 Å². The summed E-state index contributed by atoms with van der Waals surface area (Å²) in [4.78, 5) is 14.8. The summed E-state index contributed by atoms with van der Waals surface area (Å²) in [6.45, 7) is 0.486. The Morgan fingerprint density at radius 3 is 2.14 bits per heavy atom. The van der Waals surface area contributed by atoms with Gasteiger partial charge in [0.2, 0.25) is 5.96 Å². The van der Waals surface area contributed by atoms with Crippen molar-refractivity contribution in [3.05, 3.63) is 114 Å². The van der Waals surface area contributed by atoms with Crippen molar-refractivity contribution in [1.29, 1.82) is 5.41 Å². The first-order chi connectivity index (χ1) is 14.2. The molecule has 0 saturated heterocycles. The van der Waals surface area contributed by atoms with E-state index < -0.39 is 0 Å². The zero-order valence-corrected chi connectivity index (χ0v) is 15.9. The molecule has 29 heavy (non-hydrogen) atoms. The second-order valence-corrected chi connectivity index (χ2v) is 6.74. The number of guanidine groups is 1. The zero-order valence-electron chi connectivity index (χ0n) is 15.9. The largest absolute Gasteiger partial charge is 0.308 e. The number of nitrogens with zero attached hydrogens (tertiary/aromatic N) is 1. The molecule has 4 rings (SSSR count). The quantitative estimate of drug-likeness (QED) is 0.378. The fourth-order valence-corrected chi connectivity index (χ4v) is 3.34. The molecule has 0 radical (unpaired) electrons. The number of carbonyl (C=O) groups is 1. The minimum atomic E-state index is -0.291. The topological polar surface area (TPSA) is 56.2 Å². The van der Waals surface area contributed by atoms with Gasteiger partial charge in [0.25, 0.3) is 5.91 Å². The molecule has 0 fully saturated rings. The van der Waals surface area contributed by atoms with Gasteiger partial charge < -0.3 is 4.90 Å². The summed E-state index contributed by atoms with van der Waals surface area (Å²) < 4.78 is 0. The summed E-state index contributed by atoms with van der Waals surface area (Å²) in [5.41, 5.74) is 2.46. The van der Waals surface area contributed by atoms with E-state index in [1.54, 1.807) is 11.0 Å². The Kier molecular flexibility index (Phi) is 5.34. The molecule has 0 heterocycles. The Bertz CT molecular complexity index is 1140. The van der Waals surface area contributed by atoms with Crippen molar-refractivity contribution < 1.29 is 4.79 Å². The zero-order chi connectivity index (χ0) is 20.1. The highest BCUT2D eigenvalue weighted by Crippen LogP contribution is 2.20. The Morgan fingerprint density at radius 1 is 0.759 bits per heavy atom. The Labute approximate surface area is 169 Å². The van der Waals surface area contributed by atoms with Crippen LogP contribution in [0.5, 0.6) is 0 Å². The highest BCUT2D eigenvalue weighted by molar-refractivity contribution is 6.14. The normalized spacial score (nSPS) is 10.5. The fourth-order valence-electron chi connectivity index (χ4n) is 3.34. The van der Waals surface area contributed by atoms with Crippen LogP contribution in [0.2, 0.25) is 0 Å². The molecule has 0 atom stereocenters. The van der Waals surface area contributed by atoms with Crippen LogP contribution in [0.4, 0.5) is 5.69 Å². The van der Waals surface area contributed by atoms with E-state index in [1.807, 2.05) is 97.1 Å². The van der Waals surface area contributed by atoms with E-state index >= 15 is 0 Å². The minimum Gasteiger partial charge on any atom is -0.308 e. The van der Waals surface area contributed by atoms with Crippen LogP contribution in [0.3, 0.4) is 0 Å². The van der Waals surface area contributed by atoms with Gasteiger partial charge in [-0.3, -0.25) is 15.5 Å². The molecule has 0 aliphatic rings. The molecule has 0 aromatic heterocycles. The van der Waals surface area contributed by atoms with E-state index in [0.717, 1.165) is 22.0 Å². The van der Waals surface area contributed by atoms with Crippen LogP contribution < -0.4 is 10.2 Å². The molecule has 4 aromatic rings. The van der Waals surface area contributed by atoms with Crippen LogP contribution in [0.25, 0.3) is 10.8 Å². The first-order valence-corrected chi connectivity index (χ1v) is 9.46. The van der Waals surface area contributed by atoms with Gasteiger partial charge in [-0.15, -0.1) is 0 Å². The molecule has 0 aliphatic carbocycles. The highest BCUT2D eigenvalue weighted by Gasteiger charge is 2.17. The van der Waals surface area contributed by atoms with E-state index in [4.69, 9.17) is 5.41 Å². The molecule has 4 nitrogen and oxygen atoms in total. The molecule has 4 aromatic carbocycles. The second-order valence-electron chi connectivity index (χ2n) is 6.74.